The summed E-state index contributed by atoms with van der Waals surface area (Å²) in [4.78, 5) is 35.3. The summed E-state index contributed by atoms with van der Waals surface area (Å²) < 4.78 is 21.1. The zero-order valence-electron chi connectivity index (χ0n) is 14.7. The Morgan fingerprint density at radius 1 is 1.48 bits per heavy atom. The number of nitrogens with one attached hydrogen (secondary N) is 2. The normalized spacial score (nSPS) is 16.4. The van der Waals surface area contributed by atoms with Crippen LogP contribution in [0.4, 0.5) is 10.1 Å². The molecule has 2 heterocycles. The number of rotatable bonds is 7. The molecule has 3 rings (SSSR count). The van der Waals surface area contributed by atoms with E-state index in [0.717, 1.165) is 30.7 Å². The van der Waals surface area contributed by atoms with Crippen molar-refractivity contribution in [1.82, 2.24) is 14.8 Å². The highest BCUT2D eigenvalue weighted by atomic mass is 32.2. The molecule has 1 aliphatic rings. The fourth-order valence-electron chi connectivity index (χ4n) is 2.80. The van der Waals surface area contributed by atoms with Crippen LogP contribution in [-0.4, -0.2) is 44.9 Å². The van der Waals surface area contributed by atoms with E-state index in [4.69, 9.17) is 4.74 Å². The Bertz CT molecular complexity index is 905. The summed E-state index contributed by atoms with van der Waals surface area (Å²) in [6, 6.07) is 3.89. The smallest absolute Gasteiger partial charge is 0.344 e. The maximum Gasteiger partial charge on any atom is 0.344 e. The van der Waals surface area contributed by atoms with Gasteiger partial charge >= 0.3 is 5.69 Å². The molecule has 1 fully saturated rings. The number of hydrogen-bond donors (Lipinski definition) is 2. The van der Waals surface area contributed by atoms with Crippen LogP contribution in [0.3, 0.4) is 0 Å². The number of ether oxygens (including phenoxy) is 1. The van der Waals surface area contributed by atoms with Gasteiger partial charge in [0.1, 0.15) is 5.82 Å². The van der Waals surface area contributed by atoms with Crippen LogP contribution in [0.5, 0.6) is 0 Å². The first-order chi connectivity index (χ1) is 12.9. The van der Waals surface area contributed by atoms with Gasteiger partial charge in [-0.2, -0.15) is 0 Å². The number of benzene rings is 1. The Balaban J connectivity index is 1.66. The lowest BCUT2D eigenvalue weighted by Gasteiger charge is -2.11. The van der Waals surface area contributed by atoms with Gasteiger partial charge in [0, 0.05) is 19.2 Å². The van der Waals surface area contributed by atoms with Crippen LogP contribution in [0.2, 0.25) is 0 Å². The molecule has 0 radical (unpaired) electrons. The molecule has 1 atom stereocenters. The number of halogens is 1. The van der Waals surface area contributed by atoms with Crippen molar-refractivity contribution < 1.29 is 18.7 Å². The first kappa shape index (κ1) is 19.3. The van der Waals surface area contributed by atoms with Crippen molar-refractivity contribution in [2.75, 3.05) is 17.7 Å². The summed E-state index contributed by atoms with van der Waals surface area (Å²) in [6.45, 7) is 2.35. The van der Waals surface area contributed by atoms with E-state index in [2.05, 4.69) is 15.5 Å². The van der Waals surface area contributed by atoms with Crippen molar-refractivity contribution in [2.45, 2.75) is 37.6 Å². The van der Waals surface area contributed by atoms with Gasteiger partial charge in [-0.25, -0.2) is 14.3 Å². The van der Waals surface area contributed by atoms with E-state index in [-0.39, 0.29) is 34.7 Å². The Kier molecular flexibility index (Phi) is 6.07. The van der Waals surface area contributed by atoms with E-state index >= 15 is 0 Å². The number of H-pyrrole nitrogens is 1. The predicted molar refractivity (Wildman–Crippen MR) is 97.6 cm³/mol. The largest absolute Gasteiger partial charge is 0.376 e. The fraction of sp³-hybridized carbons (Fsp3) is 0.412. The second kappa shape index (κ2) is 8.49. The Labute approximate surface area is 158 Å². The number of aromatic nitrogens is 3. The molecule has 1 aliphatic heterocycles. The second-order valence-corrected chi connectivity index (χ2v) is 7.09. The van der Waals surface area contributed by atoms with Crippen LogP contribution in [0.25, 0.3) is 0 Å². The van der Waals surface area contributed by atoms with Crippen molar-refractivity contribution in [2.24, 2.45) is 0 Å². The highest BCUT2D eigenvalue weighted by Gasteiger charge is 2.21. The maximum atomic E-state index is 14.2. The zero-order chi connectivity index (χ0) is 19.4. The van der Waals surface area contributed by atoms with Crippen LogP contribution in [0.1, 0.15) is 30.1 Å². The Hall–Kier alpha value is -2.46. The molecule has 0 spiro atoms. The molecule has 10 heteroatoms. The molecular formula is C17H19FN4O4S. The third-order valence-corrected chi connectivity index (χ3v) is 5.03. The maximum absolute atomic E-state index is 14.2. The molecule has 1 aromatic carbocycles. The Morgan fingerprint density at radius 3 is 2.96 bits per heavy atom. The SMILES string of the molecule is CC(=O)Nc1ccc(C(=O)CSc2n[nH]c(=O)n2C[C@@H]2CCCO2)c(F)c1. The molecule has 144 valence electrons. The van der Waals surface area contributed by atoms with Crippen LogP contribution in [-0.2, 0) is 16.1 Å². The van der Waals surface area contributed by atoms with E-state index in [1.54, 1.807) is 0 Å². The molecule has 27 heavy (non-hydrogen) atoms. The molecule has 0 aliphatic carbocycles. The number of carbonyl (C=O) groups excluding carboxylic acids is 2. The monoisotopic (exact) mass is 394 g/mol. The Morgan fingerprint density at radius 2 is 2.30 bits per heavy atom. The topological polar surface area (TPSA) is 106 Å². The third-order valence-electron chi connectivity index (χ3n) is 4.06. The van der Waals surface area contributed by atoms with Crippen molar-refractivity contribution in [3.63, 3.8) is 0 Å². The van der Waals surface area contributed by atoms with E-state index in [9.17, 15) is 18.8 Å². The molecule has 2 N–H and O–H groups in total. The van der Waals surface area contributed by atoms with Gasteiger partial charge in [0.2, 0.25) is 5.91 Å². The molecule has 1 saturated heterocycles. The minimum absolute atomic E-state index is 0.0471. The minimum atomic E-state index is -0.717. The van der Waals surface area contributed by atoms with E-state index < -0.39 is 11.6 Å². The third kappa shape index (κ3) is 4.83. The fourth-order valence-corrected chi connectivity index (χ4v) is 3.64. The molecule has 2 aromatic rings. The van der Waals surface area contributed by atoms with E-state index in [0.29, 0.717) is 18.3 Å². The van der Waals surface area contributed by atoms with Gasteiger partial charge in [-0.15, -0.1) is 5.10 Å². The van der Waals surface area contributed by atoms with Gasteiger partial charge in [-0.05, 0) is 31.0 Å². The highest BCUT2D eigenvalue weighted by Crippen LogP contribution is 2.21. The zero-order valence-corrected chi connectivity index (χ0v) is 15.5. The van der Waals surface area contributed by atoms with Crippen LogP contribution in [0.15, 0.2) is 28.2 Å². The summed E-state index contributed by atoms with van der Waals surface area (Å²) in [6.07, 6.45) is 1.77. The summed E-state index contributed by atoms with van der Waals surface area (Å²) >= 11 is 1.06. The molecule has 0 saturated carbocycles. The van der Waals surface area contributed by atoms with E-state index in [1.165, 1.54) is 23.6 Å². The highest BCUT2D eigenvalue weighted by molar-refractivity contribution is 7.99. The number of nitrogens with zero attached hydrogens (tertiary/aromatic N) is 2. The molecule has 8 nitrogen and oxygen atoms in total. The van der Waals surface area contributed by atoms with Crippen molar-refractivity contribution in [3.8, 4) is 0 Å². The van der Waals surface area contributed by atoms with Crippen LogP contribution >= 0.6 is 11.8 Å². The predicted octanol–water partition coefficient (Wildman–Crippen LogP) is 1.82. The quantitative estimate of drug-likeness (QED) is 0.548. The summed E-state index contributed by atoms with van der Waals surface area (Å²) in [5.74, 6) is -1.56. The van der Waals surface area contributed by atoms with Gasteiger partial charge in [0.05, 0.1) is 24.0 Å². The number of thioether (sulfide) groups is 1. The number of aromatic amines is 1. The molecule has 1 amide bonds. The number of carbonyl (C=O) groups is 2. The average molecular weight is 394 g/mol. The van der Waals surface area contributed by atoms with Crippen LogP contribution < -0.4 is 11.0 Å². The van der Waals surface area contributed by atoms with Crippen molar-refractivity contribution in [3.05, 3.63) is 40.1 Å². The van der Waals surface area contributed by atoms with Crippen molar-refractivity contribution in [1.29, 1.82) is 0 Å². The van der Waals surface area contributed by atoms with Gasteiger partial charge in [0.25, 0.3) is 0 Å². The number of Topliss-reactive ketones (excluding diaryl/α,β-unsaturated/α-hetero) is 1. The first-order valence-electron chi connectivity index (χ1n) is 8.44. The van der Waals surface area contributed by atoms with Crippen molar-refractivity contribution >= 4 is 29.1 Å². The number of amides is 1. The lowest BCUT2D eigenvalue weighted by molar-refractivity contribution is -0.114. The summed E-state index contributed by atoms with van der Waals surface area (Å²) in [5, 5.41) is 9.11. The molecular weight excluding hydrogens is 375 g/mol. The number of ketones is 1. The number of hydrogen-bond acceptors (Lipinski definition) is 6. The summed E-state index contributed by atoms with van der Waals surface area (Å²) in [5.41, 5.74) is -0.173. The van der Waals surface area contributed by atoms with Gasteiger partial charge in [-0.3, -0.25) is 14.2 Å². The summed E-state index contributed by atoms with van der Waals surface area (Å²) in [7, 11) is 0. The van der Waals surface area contributed by atoms with Gasteiger partial charge in [0.15, 0.2) is 10.9 Å². The van der Waals surface area contributed by atoms with E-state index in [1.807, 2.05) is 0 Å². The number of anilines is 1. The standard InChI is InChI=1S/C17H19FN4O4S/c1-10(23)19-11-4-5-13(14(18)7-11)15(24)9-27-17-21-20-16(25)22(17)8-12-3-2-6-26-12/h4-5,7,12H,2-3,6,8-9H2,1H3,(H,19,23)(H,20,25)/t12-/m0/s1. The minimum Gasteiger partial charge on any atom is -0.376 e. The lowest BCUT2D eigenvalue weighted by Crippen LogP contribution is -2.25. The first-order valence-corrected chi connectivity index (χ1v) is 9.42. The average Bonchev–Trinajstić information content (AvgIpc) is 3.24. The van der Waals surface area contributed by atoms with Gasteiger partial charge < -0.3 is 10.1 Å². The molecule has 0 bridgehead atoms. The second-order valence-electron chi connectivity index (χ2n) is 6.14. The lowest BCUT2D eigenvalue weighted by atomic mass is 10.1. The van der Waals surface area contributed by atoms with Gasteiger partial charge in [-0.1, -0.05) is 11.8 Å². The van der Waals surface area contributed by atoms with Crippen LogP contribution in [0, 0.1) is 5.82 Å². The molecule has 1 aromatic heterocycles. The molecule has 0 unspecified atom stereocenters.